The molecule has 184 valence electrons. The molecule has 2 aromatic carbocycles. The van der Waals surface area contributed by atoms with Crippen LogP contribution in [0.2, 0.25) is 0 Å². The Kier molecular flexibility index (Phi) is 9.19. The number of rotatable bonds is 6. The number of aromatic hydroxyl groups is 1. The number of hydrogen-bond acceptors (Lipinski definition) is 5. The second-order valence-electron chi connectivity index (χ2n) is 9.27. The summed E-state index contributed by atoms with van der Waals surface area (Å²) < 4.78 is 5.11. The second kappa shape index (κ2) is 12.3. The largest absolute Gasteiger partial charge is 0.504 e. The Morgan fingerprint density at radius 3 is 2.35 bits per heavy atom. The molecule has 2 fully saturated rings. The van der Waals surface area contributed by atoms with Gasteiger partial charge in [-0.2, -0.15) is 0 Å². The molecule has 1 atom stereocenters. The molecule has 0 radical (unpaired) electrons. The molecule has 0 aromatic heterocycles. The summed E-state index contributed by atoms with van der Waals surface area (Å²) in [4.78, 5) is 27.6. The highest BCUT2D eigenvalue weighted by Gasteiger charge is 2.31. The van der Waals surface area contributed by atoms with Crippen LogP contribution in [0, 0.1) is 5.92 Å². The number of carbonyl (C=O) groups is 2. The first kappa shape index (κ1) is 25.4. The fourth-order valence-corrected chi connectivity index (χ4v) is 4.73. The molecule has 2 aliphatic rings. The van der Waals surface area contributed by atoms with E-state index in [1.54, 1.807) is 17.0 Å². The SMILES string of the molecule is CC1CCCC1.COc1ccc(N2CCN(C(=O)CC(N)=O)[C@@H](Cc3ccccc3)C2)cc1O. The van der Waals surface area contributed by atoms with Crippen molar-refractivity contribution in [3.05, 3.63) is 54.1 Å². The van der Waals surface area contributed by atoms with E-state index in [4.69, 9.17) is 10.5 Å². The lowest BCUT2D eigenvalue weighted by Gasteiger charge is -2.42. The summed E-state index contributed by atoms with van der Waals surface area (Å²) >= 11 is 0. The van der Waals surface area contributed by atoms with Gasteiger partial charge in [-0.25, -0.2) is 0 Å². The smallest absolute Gasteiger partial charge is 0.232 e. The van der Waals surface area contributed by atoms with Crippen LogP contribution in [0.1, 0.15) is 44.6 Å². The molecule has 7 nitrogen and oxygen atoms in total. The lowest BCUT2D eigenvalue weighted by Crippen LogP contribution is -2.56. The molecular weight excluding hydrogens is 430 g/mol. The van der Waals surface area contributed by atoms with Gasteiger partial charge in [-0.3, -0.25) is 9.59 Å². The summed E-state index contributed by atoms with van der Waals surface area (Å²) in [7, 11) is 1.51. The van der Waals surface area contributed by atoms with E-state index < -0.39 is 5.91 Å². The maximum atomic E-state index is 12.5. The number of phenols is 1. The van der Waals surface area contributed by atoms with E-state index >= 15 is 0 Å². The van der Waals surface area contributed by atoms with Gasteiger partial charge in [-0.1, -0.05) is 62.9 Å². The first-order valence-electron chi connectivity index (χ1n) is 12.1. The van der Waals surface area contributed by atoms with Gasteiger partial charge in [0, 0.05) is 31.4 Å². The molecule has 1 heterocycles. The fourth-order valence-electron chi connectivity index (χ4n) is 4.73. The molecule has 0 unspecified atom stereocenters. The predicted molar refractivity (Wildman–Crippen MR) is 134 cm³/mol. The number of piperazine rings is 1. The summed E-state index contributed by atoms with van der Waals surface area (Å²) in [5.74, 6) is 0.674. The Labute approximate surface area is 202 Å². The third-order valence-corrected chi connectivity index (χ3v) is 6.61. The van der Waals surface area contributed by atoms with Crippen molar-refractivity contribution < 1.29 is 19.4 Å². The van der Waals surface area contributed by atoms with Crippen LogP contribution in [0.25, 0.3) is 0 Å². The molecular formula is C27H37N3O4. The Balaban J connectivity index is 0.000000469. The van der Waals surface area contributed by atoms with Gasteiger partial charge in [0.15, 0.2) is 11.5 Å². The van der Waals surface area contributed by atoms with Crippen molar-refractivity contribution in [1.29, 1.82) is 0 Å². The standard InChI is InChI=1S/C21H25N3O4.C6H12/c1-28-19-8-7-16(12-18(19)25)23-9-10-24(21(27)13-20(22)26)17(14-23)11-15-5-3-2-4-6-15;1-6-4-2-3-5-6/h2-8,12,17,25H,9-11,13-14H2,1H3,(H2,22,26);6H,2-5H2,1H3/t17-;/m0./s1. The van der Waals surface area contributed by atoms with E-state index in [9.17, 15) is 14.7 Å². The number of nitrogens with zero attached hydrogens (tertiary/aromatic N) is 2. The fraction of sp³-hybridized carbons (Fsp3) is 0.481. The van der Waals surface area contributed by atoms with Crippen LogP contribution in [0.3, 0.4) is 0 Å². The van der Waals surface area contributed by atoms with Gasteiger partial charge in [0.1, 0.15) is 6.42 Å². The molecule has 1 aliphatic heterocycles. The number of amides is 2. The number of hydrogen-bond donors (Lipinski definition) is 2. The summed E-state index contributed by atoms with van der Waals surface area (Å²) in [5, 5.41) is 10.1. The van der Waals surface area contributed by atoms with Crippen LogP contribution in [0.5, 0.6) is 11.5 Å². The number of primary amides is 1. The molecule has 2 aromatic rings. The van der Waals surface area contributed by atoms with Gasteiger partial charge in [-0.05, 0) is 30.0 Å². The quantitative estimate of drug-likeness (QED) is 0.631. The Hall–Kier alpha value is -3.22. The van der Waals surface area contributed by atoms with E-state index in [0.717, 1.165) is 17.2 Å². The predicted octanol–water partition coefficient (Wildman–Crippen LogP) is 3.73. The second-order valence-corrected chi connectivity index (χ2v) is 9.27. The third-order valence-electron chi connectivity index (χ3n) is 6.61. The molecule has 1 saturated carbocycles. The van der Waals surface area contributed by atoms with Crippen molar-refractivity contribution in [3.8, 4) is 11.5 Å². The number of methoxy groups -OCH3 is 1. The zero-order valence-electron chi connectivity index (χ0n) is 20.3. The first-order chi connectivity index (χ1) is 16.4. The molecule has 1 saturated heterocycles. The van der Waals surface area contributed by atoms with Crippen molar-refractivity contribution in [1.82, 2.24) is 4.90 Å². The summed E-state index contributed by atoms with van der Waals surface area (Å²) in [6.45, 7) is 4.01. The molecule has 0 bridgehead atoms. The van der Waals surface area contributed by atoms with E-state index in [1.807, 2.05) is 36.4 Å². The summed E-state index contributed by atoms with van der Waals surface area (Å²) in [5.41, 5.74) is 7.20. The Morgan fingerprint density at radius 1 is 1.09 bits per heavy atom. The van der Waals surface area contributed by atoms with E-state index in [0.29, 0.717) is 31.8 Å². The zero-order valence-corrected chi connectivity index (χ0v) is 20.3. The van der Waals surface area contributed by atoms with Crippen LogP contribution in [-0.2, 0) is 16.0 Å². The number of benzene rings is 2. The molecule has 7 heteroatoms. The molecule has 4 rings (SSSR count). The summed E-state index contributed by atoms with van der Waals surface area (Å²) in [6, 6.07) is 15.1. The van der Waals surface area contributed by atoms with E-state index in [2.05, 4.69) is 11.8 Å². The average Bonchev–Trinajstić information content (AvgIpc) is 3.30. The van der Waals surface area contributed by atoms with Crippen LogP contribution in [0.4, 0.5) is 5.69 Å². The monoisotopic (exact) mass is 467 g/mol. The molecule has 3 N–H and O–H groups in total. The minimum atomic E-state index is -0.619. The average molecular weight is 468 g/mol. The number of phenolic OH excluding ortho intramolecular Hbond substituents is 1. The Bertz CT molecular complexity index is 944. The van der Waals surface area contributed by atoms with Crippen molar-refractivity contribution in [3.63, 3.8) is 0 Å². The minimum Gasteiger partial charge on any atom is -0.504 e. The van der Waals surface area contributed by atoms with Crippen molar-refractivity contribution in [2.24, 2.45) is 11.7 Å². The van der Waals surface area contributed by atoms with Crippen LogP contribution < -0.4 is 15.4 Å². The van der Waals surface area contributed by atoms with E-state index in [-0.39, 0.29) is 24.1 Å². The highest BCUT2D eigenvalue weighted by molar-refractivity contribution is 5.96. The third kappa shape index (κ3) is 7.14. The van der Waals surface area contributed by atoms with Crippen molar-refractivity contribution in [2.75, 3.05) is 31.6 Å². The minimum absolute atomic E-state index is 0.0758. The normalized spacial score (nSPS) is 18.2. The zero-order chi connectivity index (χ0) is 24.5. The van der Waals surface area contributed by atoms with Crippen molar-refractivity contribution in [2.45, 2.75) is 51.5 Å². The molecule has 0 spiro atoms. The van der Waals surface area contributed by atoms with Gasteiger partial charge in [0.25, 0.3) is 0 Å². The highest BCUT2D eigenvalue weighted by atomic mass is 16.5. The Morgan fingerprint density at radius 2 is 1.79 bits per heavy atom. The van der Waals surface area contributed by atoms with Crippen LogP contribution >= 0.6 is 0 Å². The van der Waals surface area contributed by atoms with Gasteiger partial charge in [0.05, 0.1) is 13.2 Å². The van der Waals surface area contributed by atoms with E-state index in [1.165, 1.54) is 32.8 Å². The maximum Gasteiger partial charge on any atom is 0.232 e. The number of ether oxygens (including phenoxy) is 1. The van der Waals surface area contributed by atoms with Crippen molar-refractivity contribution >= 4 is 17.5 Å². The summed E-state index contributed by atoms with van der Waals surface area (Å²) in [6.07, 6.45) is 6.33. The van der Waals surface area contributed by atoms with Gasteiger partial charge < -0.3 is 25.4 Å². The van der Waals surface area contributed by atoms with Crippen LogP contribution in [0.15, 0.2) is 48.5 Å². The topological polar surface area (TPSA) is 96.1 Å². The van der Waals surface area contributed by atoms with Gasteiger partial charge in [-0.15, -0.1) is 0 Å². The van der Waals surface area contributed by atoms with Gasteiger partial charge >= 0.3 is 0 Å². The number of anilines is 1. The molecule has 2 amide bonds. The van der Waals surface area contributed by atoms with Gasteiger partial charge in [0.2, 0.25) is 11.8 Å². The lowest BCUT2D eigenvalue weighted by atomic mass is 10.0. The molecule has 1 aliphatic carbocycles. The number of carbonyl (C=O) groups excluding carboxylic acids is 2. The lowest BCUT2D eigenvalue weighted by molar-refractivity contribution is -0.137. The van der Waals surface area contributed by atoms with Crippen LogP contribution in [-0.4, -0.2) is 54.6 Å². The maximum absolute atomic E-state index is 12.5. The molecule has 34 heavy (non-hydrogen) atoms. The first-order valence-corrected chi connectivity index (χ1v) is 12.1. The highest BCUT2D eigenvalue weighted by Crippen LogP contribution is 2.32. The number of nitrogens with two attached hydrogens (primary N) is 1.